The highest BCUT2D eigenvalue weighted by atomic mass is 35.5. The molecule has 0 aliphatic heterocycles. The first-order chi connectivity index (χ1) is 13.9. The van der Waals surface area contributed by atoms with Gasteiger partial charge in [0.15, 0.2) is 0 Å². The van der Waals surface area contributed by atoms with Crippen LogP contribution in [-0.4, -0.2) is 29.3 Å². The monoisotopic (exact) mass is 414 g/mol. The molecule has 1 unspecified atom stereocenters. The van der Waals surface area contributed by atoms with Gasteiger partial charge in [0.2, 0.25) is 11.8 Å². The lowest BCUT2D eigenvalue weighted by Gasteiger charge is -2.29. The van der Waals surface area contributed by atoms with Crippen LogP contribution in [0, 0.1) is 6.92 Å². The predicted molar refractivity (Wildman–Crippen MR) is 119 cm³/mol. The van der Waals surface area contributed by atoms with Gasteiger partial charge in [0.25, 0.3) is 0 Å². The minimum absolute atomic E-state index is 0.0522. The summed E-state index contributed by atoms with van der Waals surface area (Å²) in [5.41, 5.74) is 3.11. The van der Waals surface area contributed by atoms with Crippen molar-refractivity contribution in [2.75, 3.05) is 6.54 Å². The third-order valence-electron chi connectivity index (χ3n) is 5.04. The van der Waals surface area contributed by atoms with Crippen molar-refractivity contribution >= 4 is 23.4 Å². The lowest BCUT2D eigenvalue weighted by molar-refractivity contribution is -0.140. The van der Waals surface area contributed by atoms with Crippen molar-refractivity contribution in [3.05, 3.63) is 70.2 Å². The van der Waals surface area contributed by atoms with Crippen molar-refractivity contribution in [3.8, 4) is 0 Å². The lowest BCUT2D eigenvalue weighted by atomic mass is 10.1. The Morgan fingerprint density at radius 2 is 1.79 bits per heavy atom. The smallest absolute Gasteiger partial charge is 0.242 e. The topological polar surface area (TPSA) is 49.4 Å². The van der Waals surface area contributed by atoms with Crippen LogP contribution in [0.15, 0.2) is 48.5 Å². The van der Waals surface area contributed by atoms with Crippen LogP contribution in [0.1, 0.15) is 49.8 Å². The number of nitrogens with one attached hydrogen (secondary N) is 1. The molecular formula is C24H31ClN2O2. The number of benzene rings is 2. The molecule has 0 aliphatic rings. The minimum atomic E-state index is -0.535. The van der Waals surface area contributed by atoms with Crippen LogP contribution < -0.4 is 5.32 Å². The average molecular weight is 415 g/mol. The van der Waals surface area contributed by atoms with E-state index in [0.717, 1.165) is 29.5 Å². The highest BCUT2D eigenvalue weighted by molar-refractivity contribution is 6.31. The first-order valence-corrected chi connectivity index (χ1v) is 10.7. The Hall–Kier alpha value is -2.33. The first kappa shape index (κ1) is 23.0. The van der Waals surface area contributed by atoms with Crippen LogP contribution in [-0.2, 0) is 22.6 Å². The van der Waals surface area contributed by atoms with Gasteiger partial charge in [0.05, 0.1) is 0 Å². The number of amides is 2. The molecular weight excluding hydrogens is 384 g/mol. The summed E-state index contributed by atoms with van der Waals surface area (Å²) in [6.07, 6.45) is 2.80. The number of carbonyl (C=O) groups is 2. The fourth-order valence-electron chi connectivity index (χ4n) is 3.10. The third-order valence-corrected chi connectivity index (χ3v) is 5.41. The molecule has 0 bridgehead atoms. The molecule has 2 rings (SSSR count). The summed E-state index contributed by atoms with van der Waals surface area (Å²) in [6.45, 7) is 6.94. The maximum absolute atomic E-state index is 13.1. The normalized spacial score (nSPS) is 11.7. The van der Waals surface area contributed by atoms with Crippen LogP contribution in [0.25, 0.3) is 0 Å². The van der Waals surface area contributed by atoms with Crippen LogP contribution in [0.4, 0.5) is 0 Å². The summed E-state index contributed by atoms with van der Waals surface area (Å²) in [7, 11) is 0. The number of halogens is 1. The molecule has 2 aromatic rings. The van der Waals surface area contributed by atoms with Gasteiger partial charge in [-0.3, -0.25) is 9.59 Å². The van der Waals surface area contributed by atoms with E-state index in [9.17, 15) is 9.59 Å². The van der Waals surface area contributed by atoms with Gasteiger partial charge in [-0.25, -0.2) is 0 Å². The molecule has 2 aromatic carbocycles. The van der Waals surface area contributed by atoms with Gasteiger partial charge in [-0.2, -0.15) is 0 Å². The quantitative estimate of drug-likeness (QED) is 0.561. The second kappa shape index (κ2) is 11.6. The van der Waals surface area contributed by atoms with Crippen LogP contribution >= 0.6 is 11.6 Å². The summed E-state index contributed by atoms with van der Waals surface area (Å²) in [4.78, 5) is 27.4. The maximum Gasteiger partial charge on any atom is 0.242 e. The van der Waals surface area contributed by atoms with Crippen LogP contribution in [0.5, 0.6) is 0 Å². The van der Waals surface area contributed by atoms with Gasteiger partial charge in [-0.15, -0.1) is 0 Å². The molecule has 0 fully saturated rings. The summed E-state index contributed by atoms with van der Waals surface area (Å²) >= 11 is 6.23. The molecule has 1 N–H and O–H groups in total. The minimum Gasteiger partial charge on any atom is -0.354 e. The molecule has 2 amide bonds. The second-order valence-electron chi connectivity index (χ2n) is 7.42. The lowest BCUT2D eigenvalue weighted by Crippen LogP contribution is -2.47. The van der Waals surface area contributed by atoms with E-state index in [1.54, 1.807) is 11.8 Å². The summed E-state index contributed by atoms with van der Waals surface area (Å²) in [5, 5.41) is 3.61. The van der Waals surface area contributed by atoms with Gasteiger partial charge in [0, 0.05) is 24.5 Å². The molecule has 5 heteroatoms. The highest BCUT2D eigenvalue weighted by Crippen LogP contribution is 2.18. The zero-order valence-electron chi connectivity index (χ0n) is 17.6. The van der Waals surface area contributed by atoms with Gasteiger partial charge in [-0.05, 0) is 43.9 Å². The Balaban J connectivity index is 2.11. The van der Waals surface area contributed by atoms with Gasteiger partial charge in [-0.1, -0.05) is 73.0 Å². The van der Waals surface area contributed by atoms with E-state index in [1.807, 2.05) is 55.5 Å². The Kier molecular flexibility index (Phi) is 9.20. The van der Waals surface area contributed by atoms with E-state index in [4.69, 9.17) is 11.6 Å². The maximum atomic E-state index is 13.1. The van der Waals surface area contributed by atoms with Crippen molar-refractivity contribution < 1.29 is 9.59 Å². The molecule has 0 saturated heterocycles. The van der Waals surface area contributed by atoms with E-state index < -0.39 is 6.04 Å². The van der Waals surface area contributed by atoms with Crippen molar-refractivity contribution in [2.24, 2.45) is 0 Å². The standard InChI is InChI=1S/C24H31ClN2O2/c1-4-5-16-26-24(29)19(3)27(17-20-12-10-18(2)11-13-20)23(28)15-14-21-8-6-7-9-22(21)25/h6-13,19H,4-5,14-17H2,1-3H3,(H,26,29). The molecule has 0 radical (unpaired) electrons. The Bertz CT molecular complexity index is 805. The van der Waals surface area contributed by atoms with Gasteiger partial charge in [0.1, 0.15) is 6.04 Å². The number of carbonyl (C=O) groups excluding carboxylic acids is 2. The average Bonchev–Trinajstić information content (AvgIpc) is 2.72. The molecule has 0 heterocycles. The highest BCUT2D eigenvalue weighted by Gasteiger charge is 2.25. The first-order valence-electron chi connectivity index (χ1n) is 10.3. The number of hydrogen-bond donors (Lipinski definition) is 1. The van der Waals surface area contributed by atoms with E-state index in [2.05, 4.69) is 12.2 Å². The van der Waals surface area contributed by atoms with Gasteiger partial charge < -0.3 is 10.2 Å². The summed E-state index contributed by atoms with van der Waals surface area (Å²) in [6, 6.07) is 15.1. The van der Waals surface area contributed by atoms with Crippen molar-refractivity contribution in [3.63, 3.8) is 0 Å². The van der Waals surface area contributed by atoms with Crippen molar-refractivity contribution in [1.82, 2.24) is 10.2 Å². The van der Waals surface area contributed by atoms with Crippen LogP contribution in [0.3, 0.4) is 0 Å². The van der Waals surface area contributed by atoms with E-state index in [-0.39, 0.29) is 11.8 Å². The third kappa shape index (κ3) is 7.21. The van der Waals surface area contributed by atoms with Crippen LogP contribution in [0.2, 0.25) is 5.02 Å². The van der Waals surface area contributed by atoms with E-state index in [0.29, 0.717) is 31.0 Å². The Morgan fingerprint density at radius 1 is 1.10 bits per heavy atom. The van der Waals surface area contributed by atoms with E-state index in [1.165, 1.54) is 0 Å². The number of nitrogens with zero attached hydrogens (tertiary/aromatic N) is 1. The molecule has 29 heavy (non-hydrogen) atoms. The van der Waals surface area contributed by atoms with E-state index >= 15 is 0 Å². The molecule has 0 aliphatic carbocycles. The fraction of sp³-hybridized carbons (Fsp3) is 0.417. The zero-order chi connectivity index (χ0) is 21.2. The summed E-state index contributed by atoms with van der Waals surface area (Å²) in [5.74, 6) is -0.166. The molecule has 0 aromatic heterocycles. The van der Waals surface area contributed by atoms with Gasteiger partial charge >= 0.3 is 0 Å². The summed E-state index contributed by atoms with van der Waals surface area (Å²) < 4.78 is 0. The van der Waals surface area contributed by atoms with Crippen molar-refractivity contribution in [1.29, 1.82) is 0 Å². The molecule has 4 nitrogen and oxygen atoms in total. The number of aryl methyl sites for hydroxylation is 2. The molecule has 156 valence electrons. The molecule has 0 saturated carbocycles. The molecule has 0 spiro atoms. The van der Waals surface area contributed by atoms with Crippen molar-refractivity contribution in [2.45, 2.75) is 59.0 Å². The second-order valence-corrected chi connectivity index (χ2v) is 7.83. The Labute approximate surface area is 179 Å². The zero-order valence-corrected chi connectivity index (χ0v) is 18.3. The fourth-order valence-corrected chi connectivity index (χ4v) is 3.33. The number of hydrogen-bond acceptors (Lipinski definition) is 2. The number of unbranched alkanes of at least 4 members (excludes halogenated alkanes) is 1. The number of rotatable bonds is 10. The largest absolute Gasteiger partial charge is 0.354 e. The molecule has 1 atom stereocenters. The predicted octanol–water partition coefficient (Wildman–Crippen LogP) is 4.91. The SMILES string of the molecule is CCCCNC(=O)C(C)N(Cc1ccc(C)cc1)C(=O)CCc1ccccc1Cl. The Morgan fingerprint density at radius 3 is 2.45 bits per heavy atom.